The Labute approximate surface area is 243 Å². The number of halogens is 2. The van der Waals surface area contributed by atoms with Crippen LogP contribution in [0.4, 0.5) is 10.1 Å². The normalized spacial score (nSPS) is 21.3. The van der Waals surface area contributed by atoms with Gasteiger partial charge in [-0.3, -0.25) is 9.78 Å². The zero-order chi connectivity index (χ0) is 29.4. The molecule has 2 aromatic carbocycles. The number of carbonyl (C=O) groups is 2. The van der Waals surface area contributed by atoms with Crippen molar-refractivity contribution in [3.8, 4) is 0 Å². The number of sulfonamides is 1. The summed E-state index contributed by atoms with van der Waals surface area (Å²) >= 11 is 6.20. The summed E-state index contributed by atoms with van der Waals surface area (Å²) < 4.78 is 42.0. The van der Waals surface area contributed by atoms with Gasteiger partial charge in [0.25, 0.3) is 5.91 Å². The monoisotopic (exact) mass is 597 g/mol. The lowest BCUT2D eigenvalue weighted by atomic mass is 9.68. The lowest BCUT2D eigenvalue weighted by Crippen LogP contribution is -2.66. The van der Waals surface area contributed by atoms with Crippen molar-refractivity contribution in [3.05, 3.63) is 101 Å². The molecule has 2 N–H and O–H groups in total. The summed E-state index contributed by atoms with van der Waals surface area (Å²) in [5, 5.41) is 6.60. The van der Waals surface area contributed by atoms with Crippen LogP contribution >= 0.6 is 11.6 Å². The first-order valence-corrected chi connectivity index (χ1v) is 15.2. The molecule has 5 rings (SSSR count). The first-order valence-electron chi connectivity index (χ1n) is 13.3. The molecule has 8 nitrogen and oxygen atoms in total. The Balaban J connectivity index is 1.69. The number of carbonyl (C=O) groups excluding carboxylic acids is 2. The van der Waals surface area contributed by atoms with Crippen molar-refractivity contribution in [2.45, 2.75) is 49.1 Å². The summed E-state index contributed by atoms with van der Waals surface area (Å²) in [6, 6.07) is 12.0. The van der Waals surface area contributed by atoms with Gasteiger partial charge in [-0.05, 0) is 74.5 Å². The van der Waals surface area contributed by atoms with Crippen LogP contribution in [-0.2, 0) is 26.8 Å². The molecule has 2 unspecified atom stereocenters. The maximum atomic E-state index is 14.6. The summed E-state index contributed by atoms with van der Waals surface area (Å²) in [5.41, 5.74) is 1.06. The van der Waals surface area contributed by atoms with Crippen LogP contribution in [0.5, 0.6) is 0 Å². The highest BCUT2D eigenvalue weighted by molar-refractivity contribution is 7.91. The molecule has 1 aromatic heterocycles. The highest BCUT2D eigenvalue weighted by Gasteiger charge is 2.69. The van der Waals surface area contributed by atoms with Crippen LogP contribution < -0.4 is 14.5 Å². The van der Waals surface area contributed by atoms with E-state index in [0.717, 1.165) is 12.1 Å². The molecule has 3 heterocycles. The highest BCUT2D eigenvalue weighted by Crippen LogP contribution is 2.58. The topological polar surface area (TPSA) is 105 Å². The van der Waals surface area contributed by atoms with Gasteiger partial charge in [0.05, 0.1) is 29.6 Å². The molecular weight excluding hydrogens is 567 g/mol. The average Bonchev–Trinajstić information content (AvgIpc) is 3.19. The van der Waals surface area contributed by atoms with E-state index >= 15 is 0 Å². The Hall–Kier alpha value is -3.44. The van der Waals surface area contributed by atoms with E-state index in [-0.39, 0.29) is 23.8 Å². The quantitative estimate of drug-likeness (QED) is 0.304. The van der Waals surface area contributed by atoms with E-state index in [9.17, 15) is 22.4 Å². The van der Waals surface area contributed by atoms with Crippen molar-refractivity contribution in [1.29, 1.82) is 0 Å². The fourth-order valence-corrected chi connectivity index (χ4v) is 8.89. The van der Waals surface area contributed by atoms with Gasteiger partial charge < -0.3 is 10.6 Å². The van der Waals surface area contributed by atoms with Crippen LogP contribution in [0.1, 0.15) is 47.8 Å². The second-order valence-corrected chi connectivity index (χ2v) is 12.8. The average molecular weight is 598 g/mol. The summed E-state index contributed by atoms with van der Waals surface area (Å²) in [4.78, 5) is 31.2. The molecule has 2 atom stereocenters. The minimum Gasteiger partial charge on any atom is -0.346 e. The van der Waals surface area contributed by atoms with Crippen molar-refractivity contribution in [1.82, 2.24) is 19.5 Å². The molecule has 1 saturated heterocycles. The summed E-state index contributed by atoms with van der Waals surface area (Å²) in [6.07, 6.45) is 4.57. The molecule has 1 fully saturated rings. The van der Waals surface area contributed by atoms with Gasteiger partial charge in [-0.15, -0.1) is 10.5 Å². The lowest BCUT2D eigenvalue weighted by molar-refractivity contribution is -0.125. The van der Waals surface area contributed by atoms with Crippen LogP contribution in [0.3, 0.4) is 0 Å². The molecule has 0 radical (unpaired) electrons. The number of benzene rings is 2. The molecule has 0 bridgehead atoms. The van der Waals surface area contributed by atoms with E-state index < -0.39 is 37.1 Å². The Morgan fingerprint density at radius 2 is 1.90 bits per heavy atom. The molecule has 2 amide bonds. The van der Waals surface area contributed by atoms with Crippen LogP contribution in [0.15, 0.2) is 78.3 Å². The van der Waals surface area contributed by atoms with Crippen LogP contribution in [-0.4, -0.2) is 44.3 Å². The third-order valence-corrected chi connectivity index (χ3v) is 11.0. The van der Waals surface area contributed by atoms with Gasteiger partial charge in [-0.2, -0.15) is 8.42 Å². The smallest absolute Gasteiger partial charge is 0.339 e. The second kappa shape index (κ2) is 11.1. The number of aromatic nitrogens is 1. The first-order chi connectivity index (χ1) is 19.6. The number of rotatable bonds is 7. The Kier molecular flexibility index (Phi) is 7.86. The van der Waals surface area contributed by atoms with Crippen molar-refractivity contribution >= 4 is 39.1 Å². The van der Waals surface area contributed by atoms with Crippen molar-refractivity contribution in [2.24, 2.45) is 0 Å². The lowest BCUT2D eigenvalue weighted by Gasteiger charge is -2.43. The van der Waals surface area contributed by atoms with Gasteiger partial charge in [-0.1, -0.05) is 17.7 Å². The number of hydrogen-bond donors (Lipinski definition) is 2. The third kappa shape index (κ3) is 4.59. The summed E-state index contributed by atoms with van der Waals surface area (Å²) in [6.45, 7) is 6.50. The van der Waals surface area contributed by atoms with Crippen LogP contribution in [0.25, 0.3) is 0 Å². The number of hydrogen-bond acceptors (Lipinski definition) is 6. The maximum Gasteiger partial charge on any atom is 0.339 e. The van der Waals surface area contributed by atoms with Crippen LogP contribution in [0.2, 0.25) is 5.02 Å². The van der Waals surface area contributed by atoms with E-state index in [1.807, 2.05) is 0 Å². The zero-order valence-corrected chi connectivity index (χ0v) is 24.1. The molecule has 41 heavy (non-hydrogen) atoms. The molecule has 0 aliphatic carbocycles. The molecule has 2 aliphatic heterocycles. The number of nitrogens with zero attached hydrogens (tertiary/aromatic N) is 2. The van der Waals surface area contributed by atoms with Gasteiger partial charge >= 0.3 is 15.9 Å². The number of nitrogens with one attached hydrogen (secondary N) is 2. The number of piperidine rings is 1. The molecule has 3 aromatic rings. The first kappa shape index (κ1) is 29.1. The molecule has 2 aliphatic rings. The number of fused-ring (bicyclic) bond motifs is 2. The molecule has 11 heteroatoms. The van der Waals surface area contributed by atoms with Gasteiger partial charge in [0, 0.05) is 29.8 Å². The van der Waals surface area contributed by atoms with E-state index in [1.54, 1.807) is 36.5 Å². The number of amides is 2. The van der Waals surface area contributed by atoms with Gasteiger partial charge in [0.1, 0.15) is 16.8 Å². The summed E-state index contributed by atoms with van der Waals surface area (Å²) in [5.74, 6) is -1.55. The second-order valence-electron chi connectivity index (χ2n) is 10.4. The minimum absolute atomic E-state index is 0.107. The number of quaternary nitrogens is 1. The van der Waals surface area contributed by atoms with E-state index in [1.165, 1.54) is 25.1 Å². The molecule has 1 spiro atoms. The van der Waals surface area contributed by atoms with Gasteiger partial charge in [0.2, 0.25) is 0 Å². The Morgan fingerprint density at radius 3 is 2.54 bits per heavy atom. The molecule has 0 saturated carbocycles. The predicted octanol–water partition coefficient (Wildman–Crippen LogP) is 4.63. The van der Waals surface area contributed by atoms with E-state index in [2.05, 4.69) is 22.2 Å². The Morgan fingerprint density at radius 1 is 1.20 bits per heavy atom. The van der Waals surface area contributed by atoms with Crippen LogP contribution in [0, 0.1) is 5.82 Å². The van der Waals surface area contributed by atoms with E-state index in [4.69, 9.17) is 11.6 Å². The highest BCUT2D eigenvalue weighted by atomic mass is 35.5. The zero-order valence-electron chi connectivity index (χ0n) is 22.6. The Bertz CT molecular complexity index is 1620. The van der Waals surface area contributed by atoms with Crippen molar-refractivity contribution in [2.75, 3.05) is 13.1 Å². The summed E-state index contributed by atoms with van der Waals surface area (Å²) in [7, 11) is -4.43. The molecule has 214 valence electrons. The minimum atomic E-state index is -4.43. The largest absolute Gasteiger partial charge is 0.346 e. The fourth-order valence-electron chi connectivity index (χ4n) is 6.51. The maximum absolute atomic E-state index is 14.6. The van der Waals surface area contributed by atoms with Gasteiger partial charge in [0.15, 0.2) is 5.69 Å². The third-order valence-electron chi connectivity index (χ3n) is 8.33. The standard InChI is InChI=1S/C30H30ClFN4O4S/c1-3-5-28-30(13-16-33-17-14-30)24-18-21(29(38)35-19-26-25(31)6-4-15-34-26)7-12-27(24)36(28,20(2)37)41(39,40)23-10-8-22(32)9-11-23/h3-4,6-12,15,18,28,33H,1,5,13-14,16-17,19H2,2H3/p+1. The van der Waals surface area contributed by atoms with Gasteiger partial charge in [-0.25, -0.2) is 9.18 Å². The molecular formula is C30H31ClFN4O4S+. The van der Waals surface area contributed by atoms with E-state index in [0.29, 0.717) is 53.5 Å². The van der Waals surface area contributed by atoms with Crippen molar-refractivity contribution < 1.29 is 22.4 Å². The number of pyridine rings is 1. The van der Waals surface area contributed by atoms with Crippen molar-refractivity contribution in [3.63, 3.8) is 0 Å². The fraction of sp³-hybridized carbons (Fsp3) is 0.300. The SMILES string of the molecule is C=CCC1C2(CCNCC2)c2cc(C(=O)NCc3ncccc3Cl)ccc2[N+]1(C(C)=O)S(=O)(=O)c1ccc(F)cc1. The predicted molar refractivity (Wildman–Crippen MR) is 155 cm³/mol.